The van der Waals surface area contributed by atoms with Gasteiger partial charge in [-0.25, -0.2) is 0 Å². The van der Waals surface area contributed by atoms with Gasteiger partial charge in [0, 0.05) is 45.8 Å². The molecule has 1 aliphatic carbocycles. The predicted molar refractivity (Wildman–Crippen MR) is 86.5 cm³/mol. The maximum absolute atomic E-state index is 12.1. The molecule has 0 radical (unpaired) electrons. The predicted octanol–water partition coefficient (Wildman–Crippen LogP) is -0.00140. The summed E-state index contributed by atoms with van der Waals surface area (Å²) in [6, 6.07) is 0. The molecule has 1 aliphatic heterocycles. The van der Waals surface area contributed by atoms with Crippen molar-refractivity contribution in [3.63, 3.8) is 0 Å². The molecular weight excluding hydrogens is 280 g/mol. The van der Waals surface area contributed by atoms with Crippen LogP contribution in [0.3, 0.4) is 0 Å². The van der Waals surface area contributed by atoms with Gasteiger partial charge in [-0.1, -0.05) is 0 Å². The van der Waals surface area contributed by atoms with Gasteiger partial charge in [0.2, 0.25) is 11.8 Å². The summed E-state index contributed by atoms with van der Waals surface area (Å²) in [6.45, 7) is 10.9. The lowest BCUT2D eigenvalue weighted by molar-refractivity contribution is -0.133. The average molecular weight is 310 g/mol. The Morgan fingerprint density at radius 2 is 1.55 bits per heavy atom. The van der Waals surface area contributed by atoms with Gasteiger partial charge in [0.1, 0.15) is 0 Å². The van der Waals surface area contributed by atoms with Crippen LogP contribution >= 0.6 is 0 Å². The van der Waals surface area contributed by atoms with E-state index in [0.717, 1.165) is 51.7 Å². The molecule has 6 heteroatoms. The van der Waals surface area contributed by atoms with Crippen molar-refractivity contribution in [2.75, 3.05) is 58.9 Å². The molecule has 2 rings (SSSR count). The molecule has 0 atom stereocenters. The smallest absolute Gasteiger partial charge is 0.236 e. The van der Waals surface area contributed by atoms with Crippen LogP contribution in [0.4, 0.5) is 0 Å². The molecule has 1 saturated heterocycles. The van der Waals surface area contributed by atoms with E-state index in [-0.39, 0.29) is 11.8 Å². The molecule has 0 spiro atoms. The summed E-state index contributed by atoms with van der Waals surface area (Å²) in [6.07, 6.45) is 2.53. The second kappa shape index (κ2) is 8.48. The van der Waals surface area contributed by atoms with Crippen LogP contribution in [-0.2, 0) is 9.59 Å². The Bertz CT molecular complexity index is 372. The number of piperazine rings is 1. The fraction of sp³-hybridized carbons (Fsp3) is 0.875. The standard InChI is InChI=1S/C16H30N4O2/c1-3-20(4-2)16(22)13-19-9-7-18(8-10-19)12-15(21)17-11-14-5-6-14/h14H,3-13H2,1-2H3,(H,17,21). The van der Waals surface area contributed by atoms with Crippen LogP contribution in [0.25, 0.3) is 0 Å². The number of nitrogens with zero attached hydrogens (tertiary/aromatic N) is 3. The number of likely N-dealkylation sites (N-methyl/N-ethyl adjacent to an activating group) is 1. The molecule has 0 aromatic heterocycles. The summed E-state index contributed by atoms with van der Waals surface area (Å²) >= 11 is 0. The quantitative estimate of drug-likeness (QED) is 0.686. The third-order valence-corrected chi connectivity index (χ3v) is 4.59. The SMILES string of the molecule is CCN(CC)C(=O)CN1CCN(CC(=O)NCC2CC2)CC1. The van der Waals surface area contributed by atoms with E-state index in [1.54, 1.807) is 0 Å². The van der Waals surface area contributed by atoms with Crippen molar-refractivity contribution in [1.82, 2.24) is 20.0 Å². The van der Waals surface area contributed by atoms with Crippen molar-refractivity contribution in [3.8, 4) is 0 Å². The van der Waals surface area contributed by atoms with E-state index in [4.69, 9.17) is 0 Å². The van der Waals surface area contributed by atoms with E-state index in [1.807, 2.05) is 18.7 Å². The lowest BCUT2D eigenvalue weighted by Crippen LogP contribution is -2.52. The molecule has 2 aliphatic rings. The van der Waals surface area contributed by atoms with Gasteiger partial charge in [-0.2, -0.15) is 0 Å². The molecule has 0 bridgehead atoms. The maximum Gasteiger partial charge on any atom is 0.236 e. The van der Waals surface area contributed by atoms with Crippen molar-refractivity contribution in [2.45, 2.75) is 26.7 Å². The van der Waals surface area contributed by atoms with Gasteiger partial charge in [0.05, 0.1) is 13.1 Å². The van der Waals surface area contributed by atoms with Crippen molar-refractivity contribution >= 4 is 11.8 Å². The zero-order valence-electron chi connectivity index (χ0n) is 14.0. The molecule has 2 amide bonds. The number of rotatable bonds is 8. The van der Waals surface area contributed by atoms with Crippen LogP contribution in [0.1, 0.15) is 26.7 Å². The third-order valence-electron chi connectivity index (χ3n) is 4.59. The fourth-order valence-electron chi connectivity index (χ4n) is 2.81. The molecule has 0 unspecified atom stereocenters. The van der Waals surface area contributed by atoms with E-state index >= 15 is 0 Å². The van der Waals surface area contributed by atoms with Crippen LogP contribution in [0.15, 0.2) is 0 Å². The first-order valence-corrected chi connectivity index (χ1v) is 8.61. The zero-order valence-corrected chi connectivity index (χ0v) is 14.0. The van der Waals surface area contributed by atoms with E-state index in [1.165, 1.54) is 12.8 Å². The first-order chi connectivity index (χ1) is 10.6. The largest absolute Gasteiger partial charge is 0.355 e. The van der Waals surface area contributed by atoms with Crippen molar-refractivity contribution in [3.05, 3.63) is 0 Å². The fourth-order valence-corrected chi connectivity index (χ4v) is 2.81. The minimum absolute atomic E-state index is 0.138. The molecule has 1 N–H and O–H groups in total. The second-order valence-corrected chi connectivity index (χ2v) is 6.37. The summed E-state index contributed by atoms with van der Waals surface area (Å²) in [5, 5.41) is 3.01. The second-order valence-electron chi connectivity index (χ2n) is 6.37. The monoisotopic (exact) mass is 310 g/mol. The number of amides is 2. The van der Waals surface area contributed by atoms with Crippen molar-refractivity contribution in [1.29, 1.82) is 0 Å². The normalized spacial score (nSPS) is 19.9. The lowest BCUT2D eigenvalue weighted by atomic mass is 10.3. The van der Waals surface area contributed by atoms with Gasteiger partial charge in [0.15, 0.2) is 0 Å². The van der Waals surface area contributed by atoms with E-state index < -0.39 is 0 Å². The highest BCUT2D eigenvalue weighted by Gasteiger charge is 2.24. The zero-order chi connectivity index (χ0) is 15.9. The van der Waals surface area contributed by atoms with Gasteiger partial charge >= 0.3 is 0 Å². The average Bonchev–Trinajstić information content (AvgIpc) is 3.33. The molecule has 22 heavy (non-hydrogen) atoms. The Hall–Kier alpha value is -1.14. The van der Waals surface area contributed by atoms with E-state index in [2.05, 4.69) is 15.1 Å². The van der Waals surface area contributed by atoms with Gasteiger partial charge in [-0.3, -0.25) is 19.4 Å². The highest BCUT2D eigenvalue weighted by atomic mass is 16.2. The van der Waals surface area contributed by atoms with E-state index in [9.17, 15) is 9.59 Å². The molecular formula is C16H30N4O2. The number of hydrogen-bond donors (Lipinski definition) is 1. The molecule has 1 saturated carbocycles. The number of nitrogens with one attached hydrogen (secondary N) is 1. The van der Waals surface area contributed by atoms with Crippen LogP contribution < -0.4 is 5.32 Å². The minimum Gasteiger partial charge on any atom is -0.355 e. The molecule has 0 aromatic carbocycles. The molecule has 0 aromatic rings. The first-order valence-electron chi connectivity index (χ1n) is 8.61. The summed E-state index contributed by atoms with van der Waals surface area (Å²) < 4.78 is 0. The van der Waals surface area contributed by atoms with Crippen LogP contribution in [0.2, 0.25) is 0 Å². The van der Waals surface area contributed by atoms with Gasteiger partial charge in [0.25, 0.3) is 0 Å². The molecule has 2 fully saturated rings. The lowest BCUT2D eigenvalue weighted by Gasteiger charge is -2.34. The third kappa shape index (κ3) is 5.57. The molecule has 1 heterocycles. The minimum atomic E-state index is 0.138. The van der Waals surface area contributed by atoms with Gasteiger partial charge in [-0.05, 0) is 32.6 Å². The van der Waals surface area contributed by atoms with Crippen LogP contribution in [-0.4, -0.2) is 85.4 Å². The van der Waals surface area contributed by atoms with Crippen molar-refractivity contribution in [2.24, 2.45) is 5.92 Å². The first kappa shape index (κ1) is 17.2. The summed E-state index contributed by atoms with van der Waals surface area (Å²) in [4.78, 5) is 30.2. The van der Waals surface area contributed by atoms with Crippen LogP contribution in [0.5, 0.6) is 0 Å². The molecule has 126 valence electrons. The Labute approximate surface area is 133 Å². The van der Waals surface area contributed by atoms with Gasteiger partial charge in [-0.15, -0.1) is 0 Å². The van der Waals surface area contributed by atoms with Gasteiger partial charge < -0.3 is 10.2 Å². The number of carbonyl (C=O) groups excluding carboxylic acids is 2. The summed E-state index contributed by atoms with van der Waals surface area (Å²) in [7, 11) is 0. The molecule has 6 nitrogen and oxygen atoms in total. The Balaban J connectivity index is 1.62. The number of carbonyl (C=O) groups is 2. The van der Waals surface area contributed by atoms with Crippen LogP contribution in [0, 0.1) is 5.92 Å². The highest BCUT2D eigenvalue weighted by Crippen LogP contribution is 2.27. The summed E-state index contributed by atoms with van der Waals surface area (Å²) in [5.41, 5.74) is 0. The summed E-state index contributed by atoms with van der Waals surface area (Å²) in [5.74, 6) is 1.08. The Morgan fingerprint density at radius 1 is 1.00 bits per heavy atom. The van der Waals surface area contributed by atoms with Crippen molar-refractivity contribution < 1.29 is 9.59 Å². The Morgan fingerprint density at radius 3 is 2.05 bits per heavy atom. The number of hydrogen-bond acceptors (Lipinski definition) is 4. The topological polar surface area (TPSA) is 55.9 Å². The van der Waals surface area contributed by atoms with E-state index in [0.29, 0.717) is 13.1 Å². The Kier molecular flexibility index (Phi) is 6.64. The maximum atomic E-state index is 12.1. The highest BCUT2D eigenvalue weighted by molar-refractivity contribution is 5.78.